The molecule has 214 valence electrons. The molecule has 40 heavy (non-hydrogen) atoms. The van der Waals surface area contributed by atoms with Gasteiger partial charge in [-0.1, -0.05) is 92.5 Å². The monoisotopic (exact) mass is 603 g/mol. The Labute approximate surface area is 247 Å². The second kappa shape index (κ2) is 14.5. The third-order valence-electron chi connectivity index (χ3n) is 6.30. The van der Waals surface area contributed by atoms with Crippen molar-refractivity contribution in [3.05, 3.63) is 94.5 Å². The molecule has 3 aromatic carbocycles. The predicted octanol–water partition coefficient (Wildman–Crippen LogP) is 5.81. The van der Waals surface area contributed by atoms with Gasteiger partial charge in [0.15, 0.2) is 0 Å². The van der Waals surface area contributed by atoms with Gasteiger partial charge in [0.05, 0.1) is 10.6 Å². The highest BCUT2D eigenvalue weighted by atomic mass is 35.5. The molecule has 0 heterocycles. The van der Waals surface area contributed by atoms with Crippen molar-refractivity contribution in [2.75, 3.05) is 23.9 Å². The van der Waals surface area contributed by atoms with Crippen molar-refractivity contribution in [1.29, 1.82) is 0 Å². The number of nitrogens with zero attached hydrogens (tertiary/aromatic N) is 2. The Morgan fingerprint density at radius 1 is 0.900 bits per heavy atom. The minimum absolute atomic E-state index is 0.0106. The standard InChI is InChI=1S/C30H35Cl2N3O4S/c1-4-28(30(37)33-20-22(2)3)34(16-15-23-11-7-5-8-12-23)29(36)21-35(26-18-24(31)17-25(32)19-26)40(38,39)27-13-9-6-10-14-27/h5-14,17-19,22,28H,4,15-16,20-21H2,1-3H3,(H,33,37). The number of nitrogens with one attached hydrogen (secondary N) is 1. The first-order valence-corrected chi connectivity index (χ1v) is 15.4. The van der Waals surface area contributed by atoms with E-state index in [-0.39, 0.29) is 39.0 Å². The van der Waals surface area contributed by atoms with Crippen molar-refractivity contribution in [2.24, 2.45) is 5.92 Å². The van der Waals surface area contributed by atoms with Gasteiger partial charge < -0.3 is 10.2 Å². The summed E-state index contributed by atoms with van der Waals surface area (Å²) in [6, 6.07) is 21.1. The number of hydrogen-bond acceptors (Lipinski definition) is 4. The fraction of sp³-hybridized carbons (Fsp3) is 0.333. The maximum Gasteiger partial charge on any atom is 0.264 e. The largest absolute Gasteiger partial charge is 0.354 e. The molecule has 1 atom stereocenters. The van der Waals surface area contributed by atoms with Crippen LogP contribution < -0.4 is 9.62 Å². The number of amides is 2. The van der Waals surface area contributed by atoms with Gasteiger partial charge in [0.1, 0.15) is 12.6 Å². The van der Waals surface area contributed by atoms with Gasteiger partial charge in [-0.3, -0.25) is 13.9 Å². The molecular weight excluding hydrogens is 569 g/mol. The Kier molecular flexibility index (Phi) is 11.4. The van der Waals surface area contributed by atoms with E-state index in [0.29, 0.717) is 19.4 Å². The molecule has 10 heteroatoms. The van der Waals surface area contributed by atoms with E-state index in [2.05, 4.69) is 5.32 Å². The summed E-state index contributed by atoms with van der Waals surface area (Å²) >= 11 is 12.5. The molecule has 0 bridgehead atoms. The van der Waals surface area contributed by atoms with Crippen molar-refractivity contribution < 1.29 is 18.0 Å². The topological polar surface area (TPSA) is 86.8 Å². The molecule has 3 aromatic rings. The van der Waals surface area contributed by atoms with E-state index in [1.807, 2.05) is 51.1 Å². The lowest BCUT2D eigenvalue weighted by molar-refractivity contribution is -0.139. The van der Waals surface area contributed by atoms with Gasteiger partial charge in [-0.25, -0.2) is 8.42 Å². The number of carbonyl (C=O) groups is 2. The van der Waals surface area contributed by atoms with Crippen LogP contribution in [0.1, 0.15) is 32.8 Å². The highest BCUT2D eigenvalue weighted by molar-refractivity contribution is 7.92. The van der Waals surface area contributed by atoms with Crippen molar-refractivity contribution in [3.8, 4) is 0 Å². The van der Waals surface area contributed by atoms with Gasteiger partial charge in [0.2, 0.25) is 11.8 Å². The van der Waals surface area contributed by atoms with E-state index in [1.165, 1.54) is 35.2 Å². The second-order valence-electron chi connectivity index (χ2n) is 9.84. The molecule has 0 fully saturated rings. The van der Waals surface area contributed by atoms with Gasteiger partial charge in [-0.2, -0.15) is 0 Å². The first kappa shape index (κ1) is 31.5. The average molecular weight is 605 g/mol. The van der Waals surface area contributed by atoms with E-state index in [1.54, 1.807) is 18.2 Å². The van der Waals surface area contributed by atoms with Gasteiger partial charge in [-0.05, 0) is 54.7 Å². The number of benzene rings is 3. The van der Waals surface area contributed by atoms with Crippen LogP contribution in [0, 0.1) is 5.92 Å². The second-order valence-corrected chi connectivity index (χ2v) is 12.6. The lowest BCUT2D eigenvalue weighted by atomic mass is 10.1. The first-order valence-electron chi connectivity index (χ1n) is 13.2. The van der Waals surface area contributed by atoms with Crippen LogP contribution in [-0.2, 0) is 26.0 Å². The Hall–Kier alpha value is -3.07. The molecule has 2 amide bonds. The van der Waals surface area contributed by atoms with Crippen LogP contribution in [0.5, 0.6) is 0 Å². The molecule has 0 aliphatic heterocycles. The zero-order chi connectivity index (χ0) is 29.3. The van der Waals surface area contributed by atoms with Gasteiger partial charge >= 0.3 is 0 Å². The molecule has 7 nitrogen and oxygen atoms in total. The molecule has 0 aliphatic rings. The number of hydrogen-bond donors (Lipinski definition) is 1. The molecule has 1 unspecified atom stereocenters. The summed E-state index contributed by atoms with van der Waals surface area (Å²) in [5, 5.41) is 3.37. The van der Waals surface area contributed by atoms with Gasteiger partial charge in [-0.15, -0.1) is 0 Å². The highest BCUT2D eigenvalue weighted by Gasteiger charge is 2.33. The molecule has 0 saturated heterocycles. The fourth-order valence-electron chi connectivity index (χ4n) is 4.25. The molecule has 0 radical (unpaired) electrons. The summed E-state index contributed by atoms with van der Waals surface area (Å²) in [6.45, 7) is 5.95. The van der Waals surface area contributed by atoms with Crippen molar-refractivity contribution in [3.63, 3.8) is 0 Å². The number of sulfonamides is 1. The van der Waals surface area contributed by atoms with E-state index < -0.39 is 28.5 Å². The van der Waals surface area contributed by atoms with Crippen LogP contribution in [0.25, 0.3) is 0 Å². The van der Waals surface area contributed by atoms with E-state index in [0.717, 1.165) is 9.87 Å². The summed E-state index contributed by atoms with van der Waals surface area (Å²) in [4.78, 5) is 28.7. The Bertz CT molecular complexity index is 1370. The third kappa shape index (κ3) is 8.46. The van der Waals surface area contributed by atoms with Crippen LogP contribution in [0.3, 0.4) is 0 Å². The van der Waals surface area contributed by atoms with Crippen LogP contribution in [0.2, 0.25) is 10.0 Å². The smallest absolute Gasteiger partial charge is 0.264 e. The number of carbonyl (C=O) groups excluding carboxylic acids is 2. The van der Waals surface area contributed by atoms with Gasteiger partial charge in [0, 0.05) is 23.1 Å². The maximum atomic E-state index is 14.0. The molecule has 1 N–H and O–H groups in total. The lowest BCUT2D eigenvalue weighted by Gasteiger charge is -2.33. The Morgan fingerprint density at radius 2 is 1.48 bits per heavy atom. The lowest BCUT2D eigenvalue weighted by Crippen LogP contribution is -2.53. The van der Waals surface area contributed by atoms with Crippen LogP contribution in [0.4, 0.5) is 5.69 Å². The summed E-state index contributed by atoms with van der Waals surface area (Å²) in [7, 11) is -4.19. The maximum absolute atomic E-state index is 14.0. The molecule has 3 rings (SSSR count). The summed E-state index contributed by atoms with van der Waals surface area (Å²) in [5.74, 6) is -0.562. The molecule has 0 aliphatic carbocycles. The van der Waals surface area contributed by atoms with Crippen LogP contribution in [0.15, 0.2) is 83.8 Å². The van der Waals surface area contributed by atoms with E-state index >= 15 is 0 Å². The summed E-state index contributed by atoms with van der Waals surface area (Å²) < 4.78 is 28.7. The number of rotatable bonds is 13. The van der Waals surface area contributed by atoms with Crippen molar-refractivity contribution in [1.82, 2.24) is 10.2 Å². The zero-order valence-corrected chi connectivity index (χ0v) is 25.2. The fourth-order valence-corrected chi connectivity index (χ4v) is 6.18. The molecule has 0 spiro atoms. The SMILES string of the molecule is CCC(C(=O)NCC(C)C)N(CCc1ccccc1)C(=O)CN(c1cc(Cl)cc(Cl)c1)S(=O)(=O)c1ccccc1. The first-order chi connectivity index (χ1) is 19.0. The minimum atomic E-state index is -4.19. The van der Waals surface area contributed by atoms with E-state index in [9.17, 15) is 18.0 Å². The Balaban J connectivity index is 2.01. The van der Waals surface area contributed by atoms with Crippen molar-refractivity contribution in [2.45, 2.75) is 44.6 Å². The van der Waals surface area contributed by atoms with Gasteiger partial charge in [0.25, 0.3) is 10.0 Å². The van der Waals surface area contributed by atoms with Crippen LogP contribution in [-0.4, -0.2) is 50.8 Å². The highest BCUT2D eigenvalue weighted by Crippen LogP contribution is 2.30. The normalized spacial score (nSPS) is 12.2. The average Bonchev–Trinajstić information content (AvgIpc) is 2.92. The summed E-state index contributed by atoms with van der Waals surface area (Å²) in [5.41, 5.74) is 1.14. The molecule has 0 aromatic heterocycles. The summed E-state index contributed by atoms with van der Waals surface area (Å²) in [6.07, 6.45) is 0.855. The van der Waals surface area contributed by atoms with Crippen LogP contribution >= 0.6 is 23.2 Å². The van der Waals surface area contributed by atoms with Crippen molar-refractivity contribution >= 4 is 50.7 Å². The quantitative estimate of drug-likeness (QED) is 0.267. The minimum Gasteiger partial charge on any atom is -0.354 e. The zero-order valence-electron chi connectivity index (χ0n) is 22.9. The molecular formula is C30H35Cl2N3O4S. The Morgan fingerprint density at radius 3 is 2.02 bits per heavy atom. The predicted molar refractivity (Wildman–Crippen MR) is 161 cm³/mol. The molecule has 0 saturated carbocycles. The number of halogens is 2. The van der Waals surface area contributed by atoms with E-state index in [4.69, 9.17) is 23.2 Å². The third-order valence-corrected chi connectivity index (χ3v) is 8.52. The number of anilines is 1.